The van der Waals surface area contributed by atoms with Gasteiger partial charge in [0.15, 0.2) is 5.22 Å². The first-order valence-electron chi connectivity index (χ1n) is 5.97. The molecule has 1 saturated heterocycles. The van der Waals surface area contributed by atoms with Crippen molar-refractivity contribution in [3.8, 4) is 0 Å². The first-order chi connectivity index (χ1) is 7.79. The molecule has 0 radical (unpaired) electrons. The highest BCUT2D eigenvalue weighted by Crippen LogP contribution is 2.23. The number of rotatable bonds is 4. The van der Waals surface area contributed by atoms with Crippen molar-refractivity contribution in [3.63, 3.8) is 0 Å². The lowest BCUT2D eigenvalue weighted by Crippen LogP contribution is -2.35. The molecule has 90 valence electrons. The lowest BCUT2D eigenvalue weighted by molar-refractivity contribution is 0.209. The van der Waals surface area contributed by atoms with Gasteiger partial charge in [0.05, 0.1) is 0 Å². The maximum atomic E-state index is 5.80. The van der Waals surface area contributed by atoms with Crippen molar-refractivity contribution in [1.82, 2.24) is 4.90 Å². The van der Waals surface area contributed by atoms with E-state index in [1.807, 2.05) is 6.07 Å². The van der Waals surface area contributed by atoms with Crippen LogP contribution in [0.15, 0.2) is 16.5 Å². The van der Waals surface area contributed by atoms with Crippen LogP contribution in [0.5, 0.6) is 0 Å². The van der Waals surface area contributed by atoms with Crippen LogP contribution in [-0.2, 0) is 0 Å². The Kier molecular flexibility index (Phi) is 4.27. The molecule has 16 heavy (non-hydrogen) atoms. The Bertz CT molecular complexity index is 321. The molecule has 2 N–H and O–H groups in total. The van der Waals surface area contributed by atoms with Crippen molar-refractivity contribution >= 4 is 11.6 Å². The van der Waals surface area contributed by atoms with Crippen LogP contribution in [0.4, 0.5) is 0 Å². The van der Waals surface area contributed by atoms with Crippen molar-refractivity contribution in [3.05, 3.63) is 23.1 Å². The van der Waals surface area contributed by atoms with Gasteiger partial charge in [0.1, 0.15) is 5.76 Å². The third-order valence-corrected chi connectivity index (χ3v) is 3.41. The molecule has 1 aromatic rings. The van der Waals surface area contributed by atoms with E-state index in [9.17, 15) is 0 Å². The van der Waals surface area contributed by atoms with Crippen LogP contribution in [0.25, 0.3) is 0 Å². The molecular weight excluding hydrogens is 224 g/mol. The Balaban J connectivity index is 1.94. The summed E-state index contributed by atoms with van der Waals surface area (Å²) in [6, 6.07) is 3.72. The van der Waals surface area contributed by atoms with Crippen LogP contribution < -0.4 is 5.73 Å². The standard InChI is InChI=1S/C12H19ClN2O/c13-12-5-4-11(16-12)10(8-14)9-15-6-2-1-3-7-15/h4-5,10H,1-3,6-9,14H2. The highest BCUT2D eigenvalue weighted by Gasteiger charge is 2.19. The maximum absolute atomic E-state index is 5.80. The molecule has 2 heterocycles. The van der Waals surface area contributed by atoms with Gasteiger partial charge in [0.2, 0.25) is 0 Å². The van der Waals surface area contributed by atoms with E-state index in [1.165, 1.54) is 32.4 Å². The molecule has 1 atom stereocenters. The van der Waals surface area contributed by atoms with E-state index in [-0.39, 0.29) is 5.92 Å². The van der Waals surface area contributed by atoms with Gasteiger partial charge in [-0.25, -0.2) is 0 Å². The van der Waals surface area contributed by atoms with E-state index in [2.05, 4.69) is 4.90 Å². The Labute approximate surface area is 102 Å². The van der Waals surface area contributed by atoms with E-state index < -0.39 is 0 Å². The molecule has 0 amide bonds. The fourth-order valence-electron chi connectivity index (χ4n) is 2.28. The number of halogens is 1. The molecule has 0 aliphatic carbocycles. The van der Waals surface area contributed by atoms with Gasteiger partial charge in [-0.2, -0.15) is 0 Å². The fraction of sp³-hybridized carbons (Fsp3) is 0.667. The average molecular weight is 243 g/mol. The quantitative estimate of drug-likeness (QED) is 0.882. The van der Waals surface area contributed by atoms with Gasteiger partial charge in [-0.05, 0) is 49.7 Å². The monoisotopic (exact) mass is 242 g/mol. The Morgan fingerprint density at radius 2 is 2.06 bits per heavy atom. The average Bonchev–Trinajstić information content (AvgIpc) is 2.74. The van der Waals surface area contributed by atoms with Crippen LogP contribution in [-0.4, -0.2) is 31.1 Å². The molecule has 1 aliphatic rings. The largest absolute Gasteiger partial charge is 0.449 e. The molecule has 2 rings (SSSR count). The number of hydrogen-bond acceptors (Lipinski definition) is 3. The fourth-order valence-corrected chi connectivity index (χ4v) is 2.43. The van der Waals surface area contributed by atoms with Gasteiger partial charge in [0.25, 0.3) is 0 Å². The van der Waals surface area contributed by atoms with Crippen LogP contribution in [0, 0.1) is 0 Å². The van der Waals surface area contributed by atoms with Crippen LogP contribution in [0.2, 0.25) is 5.22 Å². The summed E-state index contributed by atoms with van der Waals surface area (Å²) in [7, 11) is 0. The molecule has 0 spiro atoms. The number of piperidine rings is 1. The summed E-state index contributed by atoms with van der Waals surface area (Å²) in [5.74, 6) is 1.18. The molecule has 0 bridgehead atoms. The Hall–Kier alpha value is -0.510. The van der Waals surface area contributed by atoms with Gasteiger partial charge in [-0.15, -0.1) is 0 Å². The molecule has 4 heteroatoms. The normalized spacial score (nSPS) is 19.9. The minimum Gasteiger partial charge on any atom is -0.449 e. The minimum atomic E-state index is 0.269. The third kappa shape index (κ3) is 3.00. The van der Waals surface area contributed by atoms with Crippen molar-refractivity contribution < 1.29 is 4.42 Å². The van der Waals surface area contributed by atoms with E-state index in [0.717, 1.165) is 12.3 Å². The summed E-state index contributed by atoms with van der Waals surface area (Å²) < 4.78 is 5.44. The van der Waals surface area contributed by atoms with Crippen molar-refractivity contribution in [2.24, 2.45) is 5.73 Å². The first-order valence-corrected chi connectivity index (χ1v) is 6.35. The minimum absolute atomic E-state index is 0.269. The van der Waals surface area contributed by atoms with Gasteiger partial charge in [-0.1, -0.05) is 6.42 Å². The lowest BCUT2D eigenvalue weighted by atomic mass is 10.0. The van der Waals surface area contributed by atoms with Gasteiger partial charge < -0.3 is 15.1 Å². The summed E-state index contributed by atoms with van der Waals surface area (Å²) in [5.41, 5.74) is 5.80. The molecule has 0 aromatic carbocycles. The first kappa shape index (κ1) is 12.0. The number of nitrogens with two attached hydrogens (primary N) is 1. The molecule has 1 aliphatic heterocycles. The Morgan fingerprint density at radius 1 is 1.31 bits per heavy atom. The number of likely N-dealkylation sites (tertiary alicyclic amines) is 1. The molecule has 1 unspecified atom stereocenters. The van der Waals surface area contributed by atoms with E-state index in [4.69, 9.17) is 21.8 Å². The predicted octanol–water partition coefficient (Wildman–Crippen LogP) is 2.46. The predicted molar refractivity (Wildman–Crippen MR) is 65.8 cm³/mol. The SMILES string of the molecule is NCC(CN1CCCCC1)c1ccc(Cl)o1. The molecular formula is C12H19ClN2O. The number of hydrogen-bond donors (Lipinski definition) is 1. The molecule has 0 saturated carbocycles. The molecule has 1 aromatic heterocycles. The Morgan fingerprint density at radius 3 is 2.62 bits per heavy atom. The van der Waals surface area contributed by atoms with Crippen LogP contribution >= 0.6 is 11.6 Å². The zero-order valence-electron chi connectivity index (χ0n) is 9.49. The zero-order valence-corrected chi connectivity index (χ0v) is 10.2. The second-order valence-electron chi connectivity index (χ2n) is 4.44. The zero-order chi connectivity index (χ0) is 11.4. The number of nitrogens with zero attached hydrogens (tertiary/aromatic N) is 1. The maximum Gasteiger partial charge on any atom is 0.193 e. The van der Waals surface area contributed by atoms with Crippen LogP contribution in [0.3, 0.4) is 0 Å². The van der Waals surface area contributed by atoms with Gasteiger partial charge in [-0.3, -0.25) is 0 Å². The summed E-state index contributed by atoms with van der Waals surface area (Å²) in [5, 5.41) is 0.451. The van der Waals surface area contributed by atoms with Crippen LogP contribution in [0.1, 0.15) is 30.9 Å². The summed E-state index contributed by atoms with van der Waals surface area (Å²) in [6.45, 7) is 3.97. The highest BCUT2D eigenvalue weighted by atomic mass is 35.5. The van der Waals surface area contributed by atoms with E-state index >= 15 is 0 Å². The second kappa shape index (κ2) is 5.71. The van der Waals surface area contributed by atoms with Crippen molar-refractivity contribution in [1.29, 1.82) is 0 Å². The van der Waals surface area contributed by atoms with Gasteiger partial charge >= 0.3 is 0 Å². The highest BCUT2D eigenvalue weighted by molar-refractivity contribution is 6.28. The second-order valence-corrected chi connectivity index (χ2v) is 4.81. The van der Waals surface area contributed by atoms with E-state index in [1.54, 1.807) is 6.07 Å². The smallest absolute Gasteiger partial charge is 0.193 e. The summed E-state index contributed by atoms with van der Waals surface area (Å²) in [6.07, 6.45) is 3.96. The topological polar surface area (TPSA) is 42.4 Å². The molecule has 3 nitrogen and oxygen atoms in total. The number of furan rings is 1. The molecule has 1 fully saturated rings. The van der Waals surface area contributed by atoms with Crippen molar-refractivity contribution in [2.45, 2.75) is 25.2 Å². The third-order valence-electron chi connectivity index (χ3n) is 3.21. The summed E-state index contributed by atoms with van der Waals surface area (Å²) >= 11 is 5.78. The van der Waals surface area contributed by atoms with Crippen molar-refractivity contribution in [2.75, 3.05) is 26.2 Å². The lowest BCUT2D eigenvalue weighted by Gasteiger charge is -2.29. The van der Waals surface area contributed by atoms with E-state index in [0.29, 0.717) is 11.8 Å². The van der Waals surface area contributed by atoms with Gasteiger partial charge in [0, 0.05) is 19.0 Å². The summed E-state index contributed by atoms with van der Waals surface area (Å²) in [4.78, 5) is 2.47.